The average Bonchev–Trinajstić information content (AvgIpc) is 3.28. The van der Waals surface area contributed by atoms with E-state index in [4.69, 9.17) is 31.7 Å². The number of alkyl halides is 3. The van der Waals surface area contributed by atoms with Gasteiger partial charge in [0.1, 0.15) is 12.0 Å². The topological polar surface area (TPSA) is 111 Å². The third-order valence-corrected chi connectivity index (χ3v) is 4.56. The Labute approximate surface area is 183 Å². The highest BCUT2D eigenvalue weighted by Gasteiger charge is 2.38. The Morgan fingerprint density at radius 2 is 1.84 bits per heavy atom. The van der Waals surface area contributed by atoms with Crippen LogP contribution in [0, 0.1) is 0 Å². The van der Waals surface area contributed by atoms with Gasteiger partial charge in [0.2, 0.25) is 5.89 Å². The lowest BCUT2D eigenvalue weighted by atomic mass is 10.1. The zero-order valence-electron chi connectivity index (χ0n) is 16.1. The Bertz CT molecular complexity index is 1300. The van der Waals surface area contributed by atoms with Gasteiger partial charge < -0.3 is 19.8 Å². The van der Waals surface area contributed by atoms with Crippen molar-refractivity contribution in [2.45, 2.75) is 12.7 Å². The fourth-order valence-electron chi connectivity index (χ4n) is 3.01. The maximum Gasteiger partial charge on any atom is 0.490 e. The van der Waals surface area contributed by atoms with E-state index in [0.717, 1.165) is 5.69 Å². The van der Waals surface area contributed by atoms with Crippen LogP contribution >= 0.6 is 11.6 Å². The first-order valence-electron chi connectivity index (χ1n) is 8.97. The van der Waals surface area contributed by atoms with Crippen LogP contribution in [-0.4, -0.2) is 26.8 Å². The average molecular weight is 466 g/mol. The number of nitrogens with zero attached hydrogens (tertiary/aromatic N) is 2. The Morgan fingerprint density at radius 1 is 1.19 bits per heavy atom. The molecule has 0 saturated carbocycles. The molecule has 0 saturated heterocycles. The van der Waals surface area contributed by atoms with Crippen molar-refractivity contribution < 1.29 is 27.5 Å². The van der Waals surface area contributed by atoms with Crippen LogP contribution in [0.5, 0.6) is 0 Å². The number of aliphatic carboxylic acids is 1. The third-order valence-electron chi connectivity index (χ3n) is 4.32. The van der Waals surface area contributed by atoms with Crippen molar-refractivity contribution in [1.29, 1.82) is 0 Å². The minimum absolute atomic E-state index is 0.0714. The predicted octanol–water partition coefficient (Wildman–Crippen LogP) is 4.39. The number of nitrogens with two attached hydrogens (primary N) is 1. The van der Waals surface area contributed by atoms with Gasteiger partial charge in [0.05, 0.1) is 11.7 Å². The fourth-order valence-corrected chi connectivity index (χ4v) is 3.17. The van der Waals surface area contributed by atoms with Crippen molar-refractivity contribution >= 4 is 28.5 Å². The highest BCUT2D eigenvalue weighted by Crippen LogP contribution is 2.30. The number of pyridine rings is 1. The molecule has 4 aromatic rings. The first-order chi connectivity index (χ1) is 15.1. The monoisotopic (exact) mass is 465 g/mol. The molecule has 2 aromatic heterocycles. The molecule has 2 heterocycles. The number of halogens is 4. The largest absolute Gasteiger partial charge is 0.490 e. The summed E-state index contributed by atoms with van der Waals surface area (Å²) >= 11 is 6.20. The van der Waals surface area contributed by atoms with Gasteiger partial charge in [-0.1, -0.05) is 29.8 Å². The van der Waals surface area contributed by atoms with Gasteiger partial charge in [0, 0.05) is 28.2 Å². The summed E-state index contributed by atoms with van der Waals surface area (Å²) in [6.45, 7) is 0.0714. The second-order valence-electron chi connectivity index (χ2n) is 6.33. The van der Waals surface area contributed by atoms with Crippen LogP contribution in [0.1, 0.15) is 5.56 Å². The number of hydrogen-bond donors (Lipinski definition) is 2. The van der Waals surface area contributed by atoms with E-state index in [1.165, 1.54) is 12.5 Å². The molecule has 0 fully saturated rings. The maximum absolute atomic E-state index is 13.0. The van der Waals surface area contributed by atoms with Crippen LogP contribution in [0.4, 0.5) is 13.2 Å². The first-order valence-corrected chi connectivity index (χ1v) is 9.35. The van der Waals surface area contributed by atoms with Gasteiger partial charge in [-0.05, 0) is 30.3 Å². The van der Waals surface area contributed by atoms with Gasteiger partial charge in [0.25, 0.3) is 0 Å². The van der Waals surface area contributed by atoms with Crippen molar-refractivity contribution in [1.82, 2.24) is 9.55 Å². The molecule has 4 rings (SSSR count). The predicted molar refractivity (Wildman–Crippen MR) is 112 cm³/mol. The number of carbonyl (C=O) groups is 1. The van der Waals surface area contributed by atoms with E-state index in [0.29, 0.717) is 33.1 Å². The van der Waals surface area contributed by atoms with Crippen molar-refractivity contribution in [3.63, 3.8) is 0 Å². The Kier molecular flexibility index (Phi) is 6.66. The summed E-state index contributed by atoms with van der Waals surface area (Å²) in [5.41, 5.74) is 8.29. The van der Waals surface area contributed by atoms with E-state index in [-0.39, 0.29) is 12.0 Å². The number of rotatable bonds is 3. The zero-order chi connectivity index (χ0) is 23.5. The molecule has 11 heteroatoms. The van der Waals surface area contributed by atoms with Gasteiger partial charge in [-0.25, -0.2) is 9.78 Å². The Balaban J connectivity index is 0.000000360. The Morgan fingerprint density at radius 3 is 2.38 bits per heavy atom. The van der Waals surface area contributed by atoms with Gasteiger partial charge in [-0.2, -0.15) is 13.2 Å². The van der Waals surface area contributed by atoms with E-state index in [1.54, 1.807) is 18.2 Å². The number of fused-ring (bicyclic) bond motifs is 1. The summed E-state index contributed by atoms with van der Waals surface area (Å²) in [5, 5.41) is 8.21. The quantitative estimate of drug-likeness (QED) is 0.464. The number of oxazole rings is 1. The minimum atomic E-state index is -5.08. The standard InChI is InChI=1S/C19H14ClN3O2.C2HF3O2/c20-12-6-7-14-16(10-12)23(13-4-2-1-3-5-13)17(15(11-21)18(14)24)19-22-8-9-25-19;3-2(4,5)1(6)7/h1-10H,11,21H2;(H,6,7). The molecule has 166 valence electrons. The van der Waals surface area contributed by atoms with Crippen molar-refractivity contribution in [3.05, 3.63) is 81.8 Å². The van der Waals surface area contributed by atoms with Crippen molar-refractivity contribution in [3.8, 4) is 17.3 Å². The summed E-state index contributed by atoms with van der Waals surface area (Å²) in [6.07, 6.45) is -2.07. The molecule has 0 atom stereocenters. The molecule has 7 nitrogen and oxygen atoms in total. The van der Waals surface area contributed by atoms with Crippen LogP contribution in [0.2, 0.25) is 5.02 Å². The van der Waals surface area contributed by atoms with Crippen LogP contribution < -0.4 is 11.2 Å². The summed E-state index contributed by atoms with van der Waals surface area (Å²) in [5.74, 6) is -2.42. The highest BCUT2D eigenvalue weighted by molar-refractivity contribution is 6.31. The summed E-state index contributed by atoms with van der Waals surface area (Å²) in [6, 6.07) is 14.8. The number of aromatic nitrogens is 2. The van der Waals surface area contributed by atoms with Crippen LogP contribution in [0.15, 0.2) is 70.2 Å². The van der Waals surface area contributed by atoms with E-state index < -0.39 is 12.1 Å². The molecule has 0 amide bonds. The normalized spacial score (nSPS) is 11.2. The number of carboxylic acids is 1. The van der Waals surface area contributed by atoms with Gasteiger partial charge in [0.15, 0.2) is 5.43 Å². The molecule has 0 radical (unpaired) electrons. The van der Waals surface area contributed by atoms with Gasteiger partial charge in [-0.3, -0.25) is 4.79 Å². The number of carboxylic acid groups (broad SMARTS) is 1. The maximum atomic E-state index is 13.0. The molecule has 0 bridgehead atoms. The lowest BCUT2D eigenvalue weighted by molar-refractivity contribution is -0.192. The second-order valence-corrected chi connectivity index (χ2v) is 6.77. The van der Waals surface area contributed by atoms with E-state index in [2.05, 4.69) is 4.98 Å². The van der Waals surface area contributed by atoms with Gasteiger partial charge >= 0.3 is 12.1 Å². The smallest absolute Gasteiger partial charge is 0.475 e. The summed E-state index contributed by atoms with van der Waals surface area (Å²) < 4.78 is 39.1. The third kappa shape index (κ3) is 4.66. The zero-order valence-corrected chi connectivity index (χ0v) is 16.9. The van der Waals surface area contributed by atoms with Gasteiger partial charge in [-0.15, -0.1) is 0 Å². The molecule has 0 aliphatic heterocycles. The summed E-state index contributed by atoms with van der Waals surface area (Å²) in [7, 11) is 0. The van der Waals surface area contributed by atoms with Crippen molar-refractivity contribution in [2.24, 2.45) is 5.73 Å². The molecule has 0 unspecified atom stereocenters. The molecular weight excluding hydrogens is 451 g/mol. The minimum Gasteiger partial charge on any atom is -0.475 e. The number of para-hydroxylation sites is 1. The van der Waals surface area contributed by atoms with Crippen LogP contribution in [0.25, 0.3) is 28.2 Å². The first kappa shape index (κ1) is 23.0. The molecule has 0 aliphatic rings. The SMILES string of the molecule is NCc1c(-c2ncco2)n(-c2ccccc2)c2cc(Cl)ccc2c1=O.O=C(O)C(F)(F)F. The lowest BCUT2D eigenvalue weighted by Gasteiger charge is -2.18. The fraction of sp³-hybridized carbons (Fsp3) is 0.0952. The molecule has 3 N–H and O–H groups in total. The van der Waals surface area contributed by atoms with Crippen LogP contribution in [-0.2, 0) is 11.3 Å². The molecule has 0 aliphatic carbocycles. The molecule has 2 aromatic carbocycles. The van der Waals surface area contributed by atoms with Crippen molar-refractivity contribution in [2.75, 3.05) is 0 Å². The highest BCUT2D eigenvalue weighted by atomic mass is 35.5. The van der Waals surface area contributed by atoms with Crippen LogP contribution in [0.3, 0.4) is 0 Å². The van der Waals surface area contributed by atoms with E-state index >= 15 is 0 Å². The number of benzene rings is 2. The second kappa shape index (κ2) is 9.25. The Hall–Kier alpha value is -3.63. The lowest BCUT2D eigenvalue weighted by Crippen LogP contribution is -2.21. The number of hydrogen-bond acceptors (Lipinski definition) is 5. The summed E-state index contributed by atoms with van der Waals surface area (Å²) in [4.78, 5) is 26.1. The molecular formula is C21H15ClF3N3O4. The molecule has 0 spiro atoms. The van der Waals surface area contributed by atoms with E-state index in [1.807, 2.05) is 34.9 Å². The van der Waals surface area contributed by atoms with E-state index in [9.17, 15) is 18.0 Å². The molecule has 32 heavy (non-hydrogen) atoms.